The smallest absolute Gasteiger partial charge is 0.219 e. The number of carbonyl (C=O) groups is 1. The van der Waals surface area contributed by atoms with Crippen LogP contribution in [-0.2, 0) is 11.3 Å². The number of hydrogen-bond acceptors (Lipinski definition) is 3. The minimum absolute atomic E-state index is 0.200. The molecule has 0 saturated carbocycles. The van der Waals surface area contributed by atoms with Crippen molar-refractivity contribution in [2.75, 3.05) is 20.2 Å². The molecule has 0 spiro atoms. The number of amides is 1. The highest BCUT2D eigenvalue weighted by molar-refractivity contribution is 5.74. The van der Waals surface area contributed by atoms with Gasteiger partial charge >= 0.3 is 0 Å². The van der Waals surface area contributed by atoms with Crippen molar-refractivity contribution in [2.24, 2.45) is 0 Å². The van der Waals surface area contributed by atoms with Crippen LogP contribution in [-0.4, -0.2) is 48.0 Å². The van der Waals surface area contributed by atoms with Crippen LogP contribution in [0.15, 0.2) is 48.5 Å². The van der Waals surface area contributed by atoms with Gasteiger partial charge < -0.3 is 9.64 Å². The van der Waals surface area contributed by atoms with Crippen LogP contribution in [0.4, 0.5) is 0 Å². The minimum Gasteiger partial charge on any atom is -0.497 e. The average molecular weight is 379 g/mol. The van der Waals surface area contributed by atoms with Gasteiger partial charge in [0.2, 0.25) is 5.91 Å². The molecule has 4 nitrogen and oxygen atoms in total. The van der Waals surface area contributed by atoms with E-state index >= 15 is 0 Å². The summed E-state index contributed by atoms with van der Waals surface area (Å²) >= 11 is 0. The molecule has 0 radical (unpaired) electrons. The van der Waals surface area contributed by atoms with Gasteiger partial charge in [-0.05, 0) is 43.0 Å². The highest BCUT2D eigenvalue weighted by atomic mass is 16.5. The zero-order valence-electron chi connectivity index (χ0n) is 17.1. The lowest BCUT2D eigenvalue weighted by atomic mass is 9.86. The van der Waals surface area contributed by atoms with E-state index in [0.717, 1.165) is 38.2 Å². The molecule has 2 aliphatic rings. The summed E-state index contributed by atoms with van der Waals surface area (Å²) in [7, 11) is 1.70. The van der Waals surface area contributed by atoms with Gasteiger partial charge in [0.1, 0.15) is 5.75 Å². The van der Waals surface area contributed by atoms with E-state index in [2.05, 4.69) is 53.1 Å². The molecule has 2 heterocycles. The summed E-state index contributed by atoms with van der Waals surface area (Å²) in [6, 6.07) is 17.9. The maximum Gasteiger partial charge on any atom is 0.219 e. The molecule has 4 rings (SSSR count). The van der Waals surface area contributed by atoms with Crippen molar-refractivity contribution in [1.82, 2.24) is 9.80 Å². The normalized spacial score (nSPS) is 24.8. The van der Waals surface area contributed by atoms with Crippen LogP contribution in [0, 0.1) is 6.92 Å². The van der Waals surface area contributed by atoms with Crippen LogP contribution in [0.1, 0.15) is 42.4 Å². The highest BCUT2D eigenvalue weighted by Crippen LogP contribution is 2.41. The van der Waals surface area contributed by atoms with Gasteiger partial charge in [-0.1, -0.05) is 42.0 Å². The summed E-state index contributed by atoms with van der Waals surface area (Å²) in [6.45, 7) is 6.67. The molecule has 0 unspecified atom stereocenters. The molecule has 0 aliphatic carbocycles. The van der Waals surface area contributed by atoms with Crippen LogP contribution < -0.4 is 4.74 Å². The summed E-state index contributed by atoms with van der Waals surface area (Å²) in [5.41, 5.74) is 3.96. The number of likely N-dealkylation sites (tertiary alicyclic amines) is 2. The van der Waals surface area contributed by atoms with Crippen molar-refractivity contribution in [1.29, 1.82) is 0 Å². The molecule has 0 N–H and O–H groups in total. The molecule has 2 fully saturated rings. The summed E-state index contributed by atoms with van der Waals surface area (Å²) in [5, 5.41) is 0. The molecule has 0 bridgehead atoms. The van der Waals surface area contributed by atoms with Crippen molar-refractivity contribution in [3.63, 3.8) is 0 Å². The van der Waals surface area contributed by atoms with Gasteiger partial charge in [0.25, 0.3) is 0 Å². The lowest BCUT2D eigenvalue weighted by Crippen LogP contribution is -2.52. The summed E-state index contributed by atoms with van der Waals surface area (Å²) in [5.74, 6) is 1.41. The Hall–Kier alpha value is -2.33. The zero-order chi connectivity index (χ0) is 19.7. The number of methoxy groups -OCH3 is 1. The van der Waals surface area contributed by atoms with Gasteiger partial charge in [0.05, 0.1) is 13.2 Å². The van der Waals surface area contributed by atoms with Gasteiger partial charge in [-0.2, -0.15) is 0 Å². The van der Waals surface area contributed by atoms with Gasteiger partial charge in [0, 0.05) is 38.5 Å². The van der Waals surface area contributed by atoms with E-state index in [9.17, 15) is 4.79 Å². The SMILES string of the molecule is COc1ccc([C@H]2CN(Cc3cccc(C)c3)[C@@H]3CCCN(C(C)=O)[C@H]23)cc1. The molecule has 2 saturated heterocycles. The maximum absolute atomic E-state index is 12.4. The highest BCUT2D eigenvalue weighted by Gasteiger charge is 2.47. The van der Waals surface area contributed by atoms with Crippen molar-refractivity contribution in [2.45, 2.75) is 51.2 Å². The Bertz CT molecular complexity index is 833. The molecular formula is C24H30N2O2. The number of hydrogen-bond donors (Lipinski definition) is 0. The monoisotopic (exact) mass is 378 g/mol. The van der Waals surface area contributed by atoms with Crippen LogP contribution in [0.3, 0.4) is 0 Å². The number of fused-ring (bicyclic) bond motifs is 1. The molecule has 28 heavy (non-hydrogen) atoms. The summed E-state index contributed by atoms with van der Waals surface area (Å²) < 4.78 is 5.33. The number of piperidine rings is 1. The van der Waals surface area contributed by atoms with E-state index in [-0.39, 0.29) is 11.9 Å². The second-order valence-electron chi connectivity index (χ2n) is 8.21. The van der Waals surface area contributed by atoms with E-state index in [4.69, 9.17) is 4.74 Å². The molecule has 4 heteroatoms. The fourth-order valence-corrected chi connectivity index (χ4v) is 5.13. The number of benzene rings is 2. The van der Waals surface area contributed by atoms with Crippen molar-refractivity contribution in [3.8, 4) is 5.75 Å². The second-order valence-corrected chi connectivity index (χ2v) is 8.21. The van der Waals surface area contributed by atoms with Crippen molar-refractivity contribution >= 4 is 5.91 Å². The zero-order valence-corrected chi connectivity index (χ0v) is 17.1. The van der Waals surface area contributed by atoms with Crippen LogP contribution >= 0.6 is 0 Å². The van der Waals surface area contributed by atoms with E-state index in [1.54, 1.807) is 14.0 Å². The van der Waals surface area contributed by atoms with Gasteiger partial charge in [0.15, 0.2) is 0 Å². The molecule has 148 valence electrons. The number of aryl methyl sites for hydroxylation is 1. The van der Waals surface area contributed by atoms with E-state index < -0.39 is 0 Å². The summed E-state index contributed by atoms with van der Waals surface area (Å²) in [6.07, 6.45) is 2.24. The first-order valence-electron chi connectivity index (χ1n) is 10.3. The Kier molecular flexibility index (Phi) is 5.40. The molecule has 0 aromatic heterocycles. The average Bonchev–Trinajstić information content (AvgIpc) is 3.06. The fourth-order valence-electron chi connectivity index (χ4n) is 5.13. The largest absolute Gasteiger partial charge is 0.497 e. The number of rotatable bonds is 4. The predicted molar refractivity (Wildman–Crippen MR) is 112 cm³/mol. The van der Waals surface area contributed by atoms with E-state index in [1.165, 1.54) is 16.7 Å². The Morgan fingerprint density at radius 3 is 2.64 bits per heavy atom. The molecule has 2 aliphatic heterocycles. The Morgan fingerprint density at radius 2 is 1.96 bits per heavy atom. The van der Waals surface area contributed by atoms with Gasteiger partial charge in [-0.3, -0.25) is 9.69 Å². The van der Waals surface area contributed by atoms with Crippen molar-refractivity contribution in [3.05, 3.63) is 65.2 Å². The lowest BCUT2D eigenvalue weighted by Gasteiger charge is -2.41. The number of carbonyl (C=O) groups excluding carboxylic acids is 1. The van der Waals surface area contributed by atoms with E-state index in [0.29, 0.717) is 12.0 Å². The topological polar surface area (TPSA) is 32.8 Å². The quantitative estimate of drug-likeness (QED) is 0.807. The third-order valence-electron chi connectivity index (χ3n) is 6.38. The van der Waals surface area contributed by atoms with Crippen LogP contribution in [0.25, 0.3) is 0 Å². The lowest BCUT2D eigenvalue weighted by molar-refractivity contribution is -0.133. The third-order valence-corrected chi connectivity index (χ3v) is 6.38. The van der Waals surface area contributed by atoms with E-state index in [1.807, 2.05) is 12.1 Å². The Morgan fingerprint density at radius 1 is 1.18 bits per heavy atom. The Balaban J connectivity index is 1.65. The standard InChI is InChI=1S/C24H30N2O2/c1-17-6-4-7-19(14-17)15-25-16-22(20-9-11-21(28-3)12-10-20)24-23(25)8-5-13-26(24)18(2)27/h4,6-7,9-12,14,22-24H,5,8,13,15-16H2,1-3H3/t22-,23-,24-/m1/s1. The first-order valence-corrected chi connectivity index (χ1v) is 10.3. The van der Waals surface area contributed by atoms with Crippen LogP contribution in [0.2, 0.25) is 0 Å². The molecule has 2 aromatic rings. The van der Waals surface area contributed by atoms with Gasteiger partial charge in [-0.15, -0.1) is 0 Å². The fraction of sp³-hybridized carbons (Fsp3) is 0.458. The van der Waals surface area contributed by atoms with Gasteiger partial charge in [-0.25, -0.2) is 0 Å². The second kappa shape index (κ2) is 7.96. The molecule has 1 amide bonds. The molecule has 2 aromatic carbocycles. The van der Waals surface area contributed by atoms with Crippen molar-refractivity contribution < 1.29 is 9.53 Å². The maximum atomic E-state index is 12.4. The number of ether oxygens (including phenoxy) is 1. The predicted octanol–water partition coefficient (Wildman–Crippen LogP) is 3.98. The summed E-state index contributed by atoms with van der Waals surface area (Å²) in [4.78, 5) is 17.1. The third kappa shape index (κ3) is 3.66. The molecular weight excluding hydrogens is 348 g/mol. The minimum atomic E-state index is 0.200. The van der Waals surface area contributed by atoms with Crippen LogP contribution in [0.5, 0.6) is 5.75 Å². The Labute approximate surface area is 168 Å². The first kappa shape index (κ1) is 19.0. The first-order chi connectivity index (χ1) is 13.6. The molecule has 3 atom stereocenters. The number of nitrogens with zero attached hydrogens (tertiary/aromatic N) is 2.